The van der Waals surface area contributed by atoms with Crippen LogP contribution in [-0.2, 0) is 4.79 Å². The number of nitrogens with two attached hydrogens (primary N) is 1. The summed E-state index contributed by atoms with van der Waals surface area (Å²) >= 11 is 1.59. The molecule has 1 amide bonds. The molecule has 1 saturated heterocycles. The van der Waals surface area contributed by atoms with Gasteiger partial charge in [-0.15, -0.1) is 11.8 Å². The number of anilines is 2. The van der Waals surface area contributed by atoms with Crippen molar-refractivity contribution in [3.63, 3.8) is 0 Å². The van der Waals surface area contributed by atoms with Crippen molar-refractivity contribution in [3.8, 4) is 0 Å². The smallest absolute Gasteiger partial charge is 0.235 e. The standard InChI is InChI=1S/C19H23N3OS/c1-15(24-18-9-7-16(20)8-10-18)19(23)22-13-11-21(12-14-22)17-5-3-2-4-6-17/h2-10,15H,11-14,20H2,1H3. The van der Waals surface area contributed by atoms with Crippen LogP contribution in [0, 0.1) is 0 Å². The molecule has 1 aliphatic rings. The summed E-state index contributed by atoms with van der Waals surface area (Å²) in [7, 11) is 0. The van der Waals surface area contributed by atoms with Gasteiger partial charge in [0.05, 0.1) is 5.25 Å². The van der Waals surface area contributed by atoms with Crippen LogP contribution in [0.5, 0.6) is 0 Å². The van der Waals surface area contributed by atoms with Gasteiger partial charge in [0.15, 0.2) is 0 Å². The monoisotopic (exact) mass is 341 g/mol. The number of rotatable bonds is 4. The Labute approximate surface area is 147 Å². The number of piperazine rings is 1. The fourth-order valence-electron chi connectivity index (χ4n) is 2.88. The molecule has 126 valence electrons. The van der Waals surface area contributed by atoms with Crippen LogP contribution >= 0.6 is 11.8 Å². The third-order valence-corrected chi connectivity index (χ3v) is 5.35. The molecule has 0 aromatic heterocycles. The molecule has 3 rings (SSSR count). The Morgan fingerprint density at radius 3 is 2.25 bits per heavy atom. The molecular weight excluding hydrogens is 318 g/mol. The summed E-state index contributed by atoms with van der Waals surface area (Å²) in [6, 6.07) is 18.1. The molecule has 2 aromatic carbocycles. The number of carbonyl (C=O) groups is 1. The maximum Gasteiger partial charge on any atom is 0.235 e. The van der Waals surface area contributed by atoms with Crippen molar-refractivity contribution in [2.75, 3.05) is 36.8 Å². The number of amides is 1. The largest absolute Gasteiger partial charge is 0.399 e. The molecule has 1 aliphatic heterocycles. The second-order valence-electron chi connectivity index (χ2n) is 5.98. The zero-order chi connectivity index (χ0) is 16.9. The van der Waals surface area contributed by atoms with Crippen molar-refractivity contribution in [1.29, 1.82) is 0 Å². The molecule has 1 fully saturated rings. The minimum absolute atomic E-state index is 0.0862. The molecule has 5 heteroatoms. The quantitative estimate of drug-likeness (QED) is 0.686. The Kier molecular flexibility index (Phi) is 5.30. The first kappa shape index (κ1) is 16.7. The van der Waals surface area contributed by atoms with E-state index in [-0.39, 0.29) is 11.2 Å². The maximum absolute atomic E-state index is 12.7. The average Bonchev–Trinajstić information content (AvgIpc) is 2.64. The zero-order valence-electron chi connectivity index (χ0n) is 13.9. The summed E-state index contributed by atoms with van der Waals surface area (Å²) in [5.74, 6) is 0.213. The van der Waals surface area contributed by atoms with Crippen LogP contribution in [0.3, 0.4) is 0 Å². The fraction of sp³-hybridized carbons (Fsp3) is 0.316. The van der Waals surface area contributed by atoms with E-state index in [0.29, 0.717) is 0 Å². The molecule has 24 heavy (non-hydrogen) atoms. The van der Waals surface area contributed by atoms with Gasteiger partial charge in [0, 0.05) is 42.4 Å². The predicted molar refractivity (Wildman–Crippen MR) is 101 cm³/mol. The lowest BCUT2D eigenvalue weighted by Gasteiger charge is -2.37. The number of thioether (sulfide) groups is 1. The van der Waals surface area contributed by atoms with Gasteiger partial charge in [-0.25, -0.2) is 0 Å². The number of hydrogen-bond acceptors (Lipinski definition) is 4. The topological polar surface area (TPSA) is 49.6 Å². The zero-order valence-corrected chi connectivity index (χ0v) is 14.7. The third kappa shape index (κ3) is 4.03. The second-order valence-corrected chi connectivity index (χ2v) is 7.39. The van der Waals surface area contributed by atoms with E-state index in [4.69, 9.17) is 5.73 Å². The van der Waals surface area contributed by atoms with Gasteiger partial charge in [-0.1, -0.05) is 18.2 Å². The Balaban J connectivity index is 1.53. The Bertz CT molecular complexity index is 667. The van der Waals surface area contributed by atoms with Gasteiger partial charge in [0.2, 0.25) is 5.91 Å². The average molecular weight is 341 g/mol. The van der Waals surface area contributed by atoms with E-state index in [9.17, 15) is 4.79 Å². The molecule has 0 saturated carbocycles. The lowest BCUT2D eigenvalue weighted by atomic mass is 10.2. The van der Waals surface area contributed by atoms with Crippen molar-refractivity contribution in [3.05, 3.63) is 54.6 Å². The lowest BCUT2D eigenvalue weighted by Crippen LogP contribution is -2.50. The van der Waals surface area contributed by atoms with Crippen molar-refractivity contribution in [2.24, 2.45) is 0 Å². The highest BCUT2D eigenvalue weighted by atomic mass is 32.2. The van der Waals surface area contributed by atoms with Crippen molar-refractivity contribution in [2.45, 2.75) is 17.1 Å². The van der Waals surface area contributed by atoms with Crippen LogP contribution in [-0.4, -0.2) is 42.2 Å². The highest BCUT2D eigenvalue weighted by Gasteiger charge is 2.25. The fourth-order valence-corrected chi connectivity index (χ4v) is 3.83. The minimum atomic E-state index is -0.0862. The first-order valence-corrected chi connectivity index (χ1v) is 9.12. The van der Waals surface area contributed by atoms with Gasteiger partial charge in [-0.05, 0) is 43.3 Å². The van der Waals surface area contributed by atoms with Crippen LogP contribution in [0.4, 0.5) is 11.4 Å². The molecule has 0 radical (unpaired) electrons. The molecule has 0 aliphatic carbocycles. The molecule has 1 atom stereocenters. The van der Waals surface area contributed by atoms with E-state index in [1.807, 2.05) is 42.2 Å². The van der Waals surface area contributed by atoms with Crippen LogP contribution in [0.15, 0.2) is 59.5 Å². The molecule has 0 bridgehead atoms. The highest BCUT2D eigenvalue weighted by molar-refractivity contribution is 8.00. The number of carbonyl (C=O) groups excluding carboxylic acids is 1. The number of nitrogens with zero attached hydrogens (tertiary/aromatic N) is 2. The van der Waals surface area contributed by atoms with Crippen LogP contribution in [0.2, 0.25) is 0 Å². The van der Waals surface area contributed by atoms with Crippen LogP contribution in [0.25, 0.3) is 0 Å². The molecule has 1 unspecified atom stereocenters. The highest BCUT2D eigenvalue weighted by Crippen LogP contribution is 2.26. The summed E-state index contributed by atoms with van der Waals surface area (Å²) in [5, 5.41) is -0.0862. The normalized spacial score (nSPS) is 16.0. The minimum Gasteiger partial charge on any atom is -0.399 e. The molecule has 1 heterocycles. The Morgan fingerprint density at radius 1 is 1.00 bits per heavy atom. The van der Waals surface area contributed by atoms with Gasteiger partial charge < -0.3 is 15.5 Å². The molecule has 2 aromatic rings. The first-order chi connectivity index (χ1) is 11.6. The Hall–Kier alpha value is -2.14. The first-order valence-electron chi connectivity index (χ1n) is 8.24. The summed E-state index contributed by atoms with van der Waals surface area (Å²) in [4.78, 5) is 18.1. The number of nitrogen functional groups attached to an aromatic ring is 1. The van der Waals surface area contributed by atoms with E-state index >= 15 is 0 Å². The van der Waals surface area contributed by atoms with Gasteiger partial charge in [-0.2, -0.15) is 0 Å². The van der Waals surface area contributed by atoms with Crippen LogP contribution in [0.1, 0.15) is 6.92 Å². The van der Waals surface area contributed by atoms with Crippen molar-refractivity contribution >= 4 is 29.0 Å². The number of benzene rings is 2. The molecule has 0 spiro atoms. The van der Waals surface area contributed by atoms with Gasteiger partial charge in [0.1, 0.15) is 0 Å². The summed E-state index contributed by atoms with van der Waals surface area (Å²) in [6.07, 6.45) is 0. The molecular formula is C19H23N3OS. The number of hydrogen-bond donors (Lipinski definition) is 1. The summed E-state index contributed by atoms with van der Waals surface area (Å²) < 4.78 is 0. The van der Waals surface area contributed by atoms with E-state index in [1.54, 1.807) is 11.8 Å². The van der Waals surface area contributed by atoms with Crippen molar-refractivity contribution in [1.82, 2.24) is 4.90 Å². The van der Waals surface area contributed by atoms with Gasteiger partial charge >= 0.3 is 0 Å². The van der Waals surface area contributed by atoms with Crippen LogP contribution < -0.4 is 10.6 Å². The number of para-hydroxylation sites is 1. The second kappa shape index (κ2) is 7.62. The Morgan fingerprint density at radius 2 is 1.62 bits per heavy atom. The maximum atomic E-state index is 12.7. The third-order valence-electron chi connectivity index (χ3n) is 4.25. The van der Waals surface area contributed by atoms with E-state index in [0.717, 1.165) is 36.8 Å². The van der Waals surface area contributed by atoms with Gasteiger partial charge in [-0.3, -0.25) is 4.79 Å². The summed E-state index contributed by atoms with van der Waals surface area (Å²) in [5.41, 5.74) is 7.68. The summed E-state index contributed by atoms with van der Waals surface area (Å²) in [6.45, 7) is 5.30. The SMILES string of the molecule is CC(Sc1ccc(N)cc1)C(=O)N1CCN(c2ccccc2)CC1. The van der Waals surface area contributed by atoms with Crippen molar-refractivity contribution < 1.29 is 4.79 Å². The van der Waals surface area contributed by atoms with E-state index < -0.39 is 0 Å². The lowest BCUT2D eigenvalue weighted by molar-refractivity contribution is -0.130. The molecule has 2 N–H and O–H groups in total. The van der Waals surface area contributed by atoms with Gasteiger partial charge in [0.25, 0.3) is 0 Å². The molecule has 4 nitrogen and oxygen atoms in total. The van der Waals surface area contributed by atoms with E-state index in [1.165, 1.54) is 5.69 Å². The predicted octanol–water partition coefficient (Wildman–Crippen LogP) is 3.10. The van der Waals surface area contributed by atoms with E-state index in [2.05, 4.69) is 29.2 Å².